The van der Waals surface area contributed by atoms with Gasteiger partial charge in [0.2, 0.25) is 0 Å². The van der Waals surface area contributed by atoms with Gasteiger partial charge >= 0.3 is 12.1 Å². The topological polar surface area (TPSA) is 123 Å². The summed E-state index contributed by atoms with van der Waals surface area (Å²) in [6.07, 6.45) is 0.494. The number of aryl methyl sites for hydroxylation is 1. The number of carboxylic acid groups (broad SMARTS) is 1. The standard InChI is InChI=1S/C26H28N4O5/c1-3-8-16(25(32)33)14-27-24(31)22-13-23(29-30(22)2)28-26(34)35-15-21-19-11-6-4-9-17(19)18-10-5-7-12-20(18)21/h4-7,9-13,16,21H,3,8,14-15H2,1-2H3,(H,27,31)(H,32,33)(H,28,29,34). The van der Waals surface area contributed by atoms with Crippen molar-refractivity contribution in [3.63, 3.8) is 0 Å². The Bertz CT molecular complexity index is 1210. The third-order valence-corrected chi connectivity index (χ3v) is 6.18. The first kappa shape index (κ1) is 24.0. The third-order valence-electron chi connectivity index (χ3n) is 6.18. The first-order valence-electron chi connectivity index (χ1n) is 11.6. The van der Waals surface area contributed by atoms with E-state index in [1.54, 1.807) is 7.05 Å². The number of carboxylic acids is 1. The summed E-state index contributed by atoms with van der Waals surface area (Å²) in [6.45, 7) is 2.07. The highest BCUT2D eigenvalue weighted by Gasteiger charge is 2.29. The van der Waals surface area contributed by atoms with E-state index in [2.05, 4.69) is 27.9 Å². The Morgan fingerprint density at radius 3 is 2.31 bits per heavy atom. The van der Waals surface area contributed by atoms with E-state index in [4.69, 9.17) is 4.74 Å². The van der Waals surface area contributed by atoms with Crippen molar-refractivity contribution in [3.05, 3.63) is 71.4 Å². The minimum Gasteiger partial charge on any atom is -0.481 e. The van der Waals surface area contributed by atoms with Crippen LogP contribution in [0.3, 0.4) is 0 Å². The van der Waals surface area contributed by atoms with E-state index in [0.717, 1.165) is 22.3 Å². The maximum atomic E-state index is 12.5. The average Bonchev–Trinajstić information content (AvgIpc) is 3.37. The third kappa shape index (κ3) is 5.18. The number of carbonyl (C=O) groups excluding carboxylic acids is 2. The number of carbonyl (C=O) groups is 3. The van der Waals surface area contributed by atoms with Crippen molar-refractivity contribution in [2.24, 2.45) is 13.0 Å². The van der Waals surface area contributed by atoms with E-state index in [-0.39, 0.29) is 30.6 Å². The predicted molar refractivity (Wildman–Crippen MR) is 130 cm³/mol. The number of fused-ring (bicyclic) bond motifs is 3. The Balaban J connectivity index is 1.36. The molecule has 1 aromatic heterocycles. The van der Waals surface area contributed by atoms with Gasteiger partial charge in [0.15, 0.2) is 5.82 Å². The van der Waals surface area contributed by atoms with Gasteiger partial charge in [0.05, 0.1) is 5.92 Å². The van der Waals surface area contributed by atoms with Gasteiger partial charge in [-0.2, -0.15) is 5.10 Å². The molecule has 1 aliphatic rings. The zero-order valence-corrected chi connectivity index (χ0v) is 19.7. The summed E-state index contributed by atoms with van der Waals surface area (Å²) >= 11 is 0. The summed E-state index contributed by atoms with van der Waals surface area (Å²) < 4.78 is 6.84. The van der Waals surface area contributed by atoms with E-state index >= 15 is 0 Å². The van der Waals surface area contributed by atoms with Gasteiger partial charge in [-0.05, 0) is 28.7 Å². The predicted octanol–water partition coefficient (Wildman–Crippen LogP) is 4.01. The van der Waals surface area contributed by atoms with Gasteiger partial charge in [0.25, 0.3) is 5.91 Å². The number of hydrogen-bond donors (Lipinski definition) is 3. The van der Waals surface area contributed by atoms with Crippen LogP contribution in [0.25, 0.3) is 11.1 Å². The molecule has 35 heavy (non-hydrogen) atoms. The van der Waals surface area contributed by atoms with Crippen LogP contribution < -0.4 is 10.6 Å². The molecule has 0 saturated heterocycles. The fourth-order valence-electron chi connectivity index (χ4n) is 4.45. The lowest BCUT2D eigenvalue weighted by molar-refractivity contribution is -0.141. The fraction of sp³-hybridized carbons (Fsp3) is 0.308. The first-order valence-corrected chi connectivity index (χ1v) is 11.6. The highest BCUT2D eigenvalue weighted by molar-refractivity contribution is 5.94. The second kappa shape index (κ2) is 10.4. The van der Waals surface area contributed by atoms with Gasteiger partial charge < -0.3 is 15.2 Å². The SMILES string of the molecule is CCCC(CNC(=O)c1cc(NC(=O)OCC2c3ccccc3-c3ccccc32)nn1C)C(=O)O. The number of rotatable bonds is 9. The normalized spacial score (nSPS) is 13.0. The zero-order valence-electron chi connectivity index (χ0n) is 19.7. The number of aromatic nitrogens is 2. The quantitative estimate of drug-likeness (QED) is 0.429. The molecule has 2 aromatic carbocycles. The Labute approximate surface area is 203 Å². The first-order chi connectivity index (χ1) is 16.9. The maximum absolute atomic E-state index is 12.5. The van der Waals surface area contributed by atoms with Crippen LogP contribution in [0.5, 0.6) is 0 Å². The van der Waals surface area contributed by atoms with E-state index in [0.29, 0.717) is 12.8 Å². The Hall–Kier alpha value is -4.14. The fourth-order valence-corrected chi connectivity index (χ4v) is 4.45. The molecule has 9 heteroatoms. The van der Waals surface area contributed by atoms with Gasteiger partial charge in [0, 0.05) is 25.6 Å². The molecule has 4 rings (SSSR count). The molecule has 0 radical (unpaired) electrons. The van der Waals surface area contributed by atoms with Crippen molar-refractivity contribution in [2.45, 2.75) is 25.7 Å². The molecule has 2 amide bonds. The molecule has 182 valence electrons. The summed E-state index contributed by atoms with van der Waals surface area (Å²) in [6, 6.07) is 17.6. The number of amides is 2. The summed E-state index contributed by atoms with van der Waals surface area (Å²) in [4.78, 5) is 36.3. The van der Waals surface area contributed by atoms with Crippen LogP contribution in [0.2, 0.25) is 0 Å². The Kier molecular flexibility index (Phi) is 7.14. The van der Waals surface area contributed by atoms with E-state index in [9.17, 15) is 19.5 Å². The van der Waals surface area contributed by atoms with Crippen molar-refractivity contribution >= 4 is 23.8 Å². The number of hydrogen-bond acceptors (Lipinski definition) is 5. The summed E-state index contributed by atoms with van der Waals surface area (Å²) in [7, 11) is 1.57. The Morgan fingerprint density at radius 1 is 1.09 bits per heavy atom. The van der Waals surface area contributed by atoms with Gasteiger partial charge in [-0.1, -0.05) is 61.9 Å². The number of anilines is 1. The van der Waals surface area contributed by atoms with E-state index in [1.807, 2.05) is 43.3 Å². The van der Waals surface area contributed by atoms with Crippen LogP contribution in [-0.4, -0.2) is 46.0 Å². The van der Waals surface area contributed by atoms with Crippen molar-refractivity contribution < 1.29 is 24.2 Å². The number of aliphatic carboxylic acids is 1. The second-order valence-corrected chi connectivity index (χ2v) is 8.52. The zero-order chi connectivity index (χ0) is 24.9. The monoisotopic (exact) mass is 476 g/mol. The van der Waals surface area contributed by atoms with Gasteiger partial charge in [-0.15, -0.1) is 0 Å². The van der Waals surface area contributed by atoms with Gasteiger partial charge in [-0.3, -0.25) is 19.6 Å². The van der Waals surface area contributed by atoms with Crippen molar-refractivity contribution in [1.82, 2.24) is 15.1 Å². The van der Waals surface area contributed by atoms with Crippen LogP contribution in [-0.2, 0) is 16.6 Å². The highest BCUT2D eigenvalue weighted by atomic mass is 16.5. The lowest BCUT2D eigenvalue weighted by Gasteiger charge is -2.14. The highest BCUT2D eigenvalue weighted by Crippen LogP contribution is 2.44. The van der Waals surface area contributed by atoms with Gasteiger partial charge in [0.1, 0.15) is 12.3 Å². The molecule has 3 N–H and O–H groups in total. The van der Waals surface area contributed by atoms with Crippen molar-refractivity contribution in [1.29, 1.82) is 0 Å². The minimum atomic E-state index is -0.949. The van der Waals surface area contributed by atoms with E-state index in [1.165, 1.54) is 10.7 Å². The smallest absolute Gasteiger partial charge is 0.412 e. The van der Waals surface area contributed by atoms with Gasteiger partial charge in [-0.25, -0.2) is 4.79 Å². The number of nitrogens with zero attached hydrogens (tertiary/aromatic N) is 2. The summed E-state index contributed by atoms with van der Waals surface area (Å²) in [5.74, 6) is -1.98. The maximum Gasteiger partial charge on any atom is 0.412 e. The molecule has 0 aliphatic heterocycles. The van der Waals surface area contributed by atoms with Crippen LogP contribution in [0, 0.1) is 5.92 Å². The number of benzene rings is 2. The molecule has 1 atom stereocenters. The summed E-state index contributed by atoms with van der Waals surface area (Å²) in [5, 5.41) is 18.6. The Morgan fingerprint density at radius 2 is 1.71 bits per heavy atom. The van der Waals surface area contributed by atoms with Crippen LogP contribution in [0.1, 0.15) is 47.3 Å². The molecule has 0 bridgehead atoms. The average molecular weight is 477 g/mol. The number of nitrogens with one attached hydrogen (secondary N) is 2. The minimum absolute atomic E-state index is 0.0162. The van der Waals surface area contributed by atoms with Crippen molar-refractivity contribution in [2.75, 3.05) is 18.5 Å². The molecule has 0 spiro atoms. The summed E-state index contributed by atoms with van der Waals surface area (Å²) in [5.41, 5.74) is 4.70. The molecule has 1 aliphatic carbocycles. The molecule has 1 heterocycles. The lowest BCUT2D eigenvalue weighted by atomic mass is 9.98. The second-order valence-electron chi connectivity index (χ2n) is 8.52. The van der Waals surface area contributed by atoms with Crippen molar-refractivity contribution in [3.8, 4) is 11.1 Å². The van der Waals surface area contributed by atoms with Crippen LogP contribution in [0.4, 0.5) is 10.6 Å². The molecule has 9 nitrogen and oxygen atoms in total. The molecule has 0 fully saturated rings. The van der Waals surface area contributed by atoms with Crippen LogP contribution in [0.15, 0.2) is 54.6 Å². The molecule has 0 saturated carbocycles. The molecule has 3 aromatic rings. The van der Waals surface area contributed by atoms with Crippen LogP contribution >= 0.6 is 0 Å². The molecular weight excluding hydrogens is 448 g/mol. The number of ether oxygens (including phenoxy) is 1. The molecular formula is C26H28N4O5. The van der Waals surface area contributed by atoms with E-state index < -0.39 is 23.9 Å². The molecule has 1 unspecified atom stereocenters. The largest absolute Gasteiger partial charge is 0.481 e. The lowest BCUT2D eigenvalue weighted by Crippen LogP contribution is -2.33.